The minimum Gasteiger partial charge on any atom is -0.256 e. The Morgan fingerprint density at radius 2 is 2.00 bits per heavy atom. The molecule has 0 saturated carbocycles. The lowest BCUT2D eigenvalue weighted by Crippen LogP contribution is -1.86. The van der Waals surface area contributed by atoms with Crippen molar-refractivity contribution in [2.75, 3.05) is 0 Å². The van der Waals surface area contributed by atoms with E-state index in [1.807, 2.05) is 24.4 Å². The van der Waals surface area contributed by atoms with Crippen molar-refractivity contribution in [1.29, 1.82) is 0 Å². The highest BCUT2D eigenvalue weighted by atomic mass is 14.7. The average Bonchev–Trinajstić information content (AvgIpc) is 2.31. The molecule has 1 heterocycles. The zero-order chi connectivity index (χ0) is 10.5. The van der Waals surface area contributed by atoms with Gasteiger partial charge in [-0.25, -0.2) is 0 Å². The molecule has 2 rings (SSSR count). The predicted molar refractivity (Wildman–Crippen MR) is 63.7 cm³/mol. The van der Waals surface area contributed by atoms with Crippen molar-refractivity contribution in [3.8, 4) is 11.3 Å². The van der Waals surface area contributed by atoms with E-state index in [2.05, 4.69) is 36.2 Å². The van der Waals surface area contributed by atoms with Crippen LogP contribution >= 0.6 is 0 Å². The van der Waals surface area contributed by atoms with Crippen LogP contribution in [-0.4, -0.2) is 4.98 Å². The summed E-state index contributed by atoms with van der Waals surface area (Å²) < 4.78 is 0. The number of rotatable bonds is 3. The molecule has 76 valence electrons. The summed E-state index contributed by atoms with van der Waals surface area (Å²) in [6.45, 7) is 2.20. The molecule has 15 heavy (non-hydrogen) atoms. The largest absolute Gasteiger partial charge is 0.256 e. The Morgan fingerprint density at radius 3 is 2.73 bits per heavy atom. The Balaban J connectivity index is 2.33. The van der Waals surface area contributed by atoms with E-state index in [1.165, 1.54) is 17.5 Å². The van der Waals surface area contributed by atoms with E-state index in [-0.39, 0.29) is 0 Å². The molecule has 0 saturated heterocycles. The lowest BCUT2D eigenvalue weighted by Gasteiger charge is -2.03. The molecule has 0 aliphatic rings. The van der Waals surface area contributed by atoms with Crippen LogP contribution in [0.2, 0.25) is 0 Å². The van der Waals surface area contributed by atoms with Gasteiger partial charge < -0.3 is 0 Å². The number of nitrogens with zero attached hydrogens (tertiary/aromatic N) is 1. The van der Waals surface area contributed by atoms with Gasteiger partial charge in [-0.15, -0.1) is 0 Å². The van der Waals surface area contributed by atoms with Gasteiger partial charge in [0.15, 0.2) is 0 Å². The van der Waals surface area contributed by atoms with E-state index in [1.54, 1.807) is 0 Å². The van der Waals surface area contributed by atoms with Gasteiger partial charge in [-0.2, -0.15) is 0 Å². The van der Waals surface area contributed by atoms with Gasteiger partial charge in [-0.05, 0) is 30.2 Å². The van der Waals surface area contributed by atoms with Crippen LogP contribution in [0, 0.1) is 0 Å². The highest BCUT2D eigenvalue weighted by Gasteiger charge is 1.98. The topological polar surface area (TPSA) is 12.9 Å². The van der Waals surface area contributed by atoms with Gasteiger partial charge >= 0.3 is 0 Å². The molecule has 0 aliphatic carbocycles. The molecule has 0 radical (unpaired) electrons. The Kier molecular flexibility index (Phi) is 3.13. The molecule has 0 atom stereocenters. The highest BCUT2D eigenvalue weighted by Crippen LogP contribution is 2.18. The molecule has 1 aromatic heterocycles. The maximum atomic E-state index is 4.35. The molecule has 0 aliphatic heterocycles. The molecule has 1 heteroatoms. The second kappa shape index (κ2) is 4.74. The normalized spacial score (nSPS) is 10.2. The third-order valence-electron chi connectivity index (χ3n) is 2.43. The van der Waals surface area contributed by atoms with Crippen molar-refractivity contribution in [3.05, 3.63) is 54.2 Å². The van der Waals surface area contributed by atoms with E-state index in [4.69, 9.17) is 0 Å². The first kappa shape index (κ1) is 9.91. The summed E-state index contributed by atoms with van der Waals surface area (Å²) in [5, 5.41) is 0. The molecular formula is C14H15N. The van der Waals surface area contributed by atoms with Crippen LogP contribution in [0.25, 0.3) is 11.3 Å². The Labute approximate surface area is 90.8 Å². The standard InChI is InChI=1S/C14H15N/c1-2-6-12-7-5-8-13(11-12)14-9-3-4-10-15-14/h3-5,7-11H,2,6H2,1H3. The molecule has 1 nitrogen and oxygen atoms in total. The second-order valence-corrected chi connectivity index (χ2v) is 3.67. The number of aryl methyl sites for hydroxylation is 1. The summed E-state index contributed by atoms with van der Waals surface area (Å²) in [5.41, 5.74) is 3.65. The molecule has 0 bridgehead atoms. The molecule has 1 aromatic carbocycles. The zero-order valence-corrected chi connectivity index (χ0v) is 8.98. The summed E-state index contributed by atoms with van der Waals surface area (Å²) in [4.78, 5) is 4.35. The number of hydrogen-bond donors (Lipinski definition) is 0. The van der Waals surface area contributed by atoms with Crippen LogP contribution in [0.4, 0.5) is 0 Å². The van der Waals surface area contributed by atoms with Gasteiger partial charge in [-0.1, -0.05) is 37.6 Å². The Hall–Kier alpha value is -1.63. The van der Waals surface area contributed by atoms with Crippen LogP contribution in [0.1, 0.15) is 18.9 Å². The van der Waals surface area contributed by atoms with Gasteiger partial charge in [0.05, 0.1) is 5.69 Å². The fraction of sp³-hybridized carbons (Fsp3) is 0.214. The van der Waals surface area contributed by atoms with Crippen molar-refractivity contribution in [2.24, 2.45) is 0 Å². The molecule has 2 aromatic rings. The van der Waals surface area contributed by atoms with Gasteiger partial charge in [0.2, 0.25) is 0 Å². The lowest BCUT2D eigenvalue weighted by molar-refractivity contribution is 0.922. The molecule has 0 amide bonds. The monoisotopic (exact) mass is 197 g/mol. The smallest absolute Gasteiger partial charge is 0.0702 e. The minimum atomic E-state index is 1.05. The van der Waals surface area contributed by atoms with Crippen molar-refractivity contribution in [2.45, 2.75) is 19.8 Å². The van der Waals surface area contributed by atoms with Crippen molar-refractivity contribution < 1.29 is 0 Å². The van der Waals surface area contributed by atoms with Gasteiger partial charge in [0, 0.05) is 11.8 Å². The van der Waals surface area contributed by atoms with Gasteiger partial charge in [-0.3, -0.25) is 4.98 Å². The fourth-order valence-corrected chi connectivity index (χ4v) is 1.71. The zero-order valence-electron chi connectivity index (χ0n) is 8.98. The van der Waals surface area contributed by atoms with E-state index in [0.717, 1.165) is 12.1 Å². The van der Waals surface area contributed by atoms with E-state index >= 15 is 0 Å². The number of pyridine rings is 1. The summed E-state index contributed by atoms with van der Waals surface area (Å²) in [6.07, 6.45) is 4.16. The van der Waals surface area contributed by atoms with Crippen LogP contribution in [0.5, 0.6) is 0 Å². The summed E-state index contributed by atoms with van der Waals surface area (Å²) >= 11 is 0. The maximum absolute atomic E-state index is 4.35. The van der Waals surface area contributed by atoms with Crippen LogP contribution in [0.15, 0.2) is 48.7 Å². The lowest BCUT2D eigenvalue weighted by atomic mass is 10.0. The third kappa shape index (κ3) is 2.44. The highest BCUT2D eigenvalue weighted by molar-refractivity contribution is 5.59. The number of aromatic nitrogens is 1. The molecule has 0 N–H and O–H groups in total. The summed E-state index contributed by atoms with van der Waals surface area (Å²) in [6, 6.07) is 14.6. The average molecular weight is 197 g/mol. The van der Waals surface area contributed by atoms with Crippen LogP contribution in [-0.2, 0) is 6.42 Å². The summed E-state index contributed by atoms with van der Waals surface area (Å²) in [5.74, 6) is 0. The molecule has 0 spiro atoms. The quantitative estimate of drug-likeness (QED) is 0.731. The van der Waals surface area contributed by atoms with Crippen molar-refractivity contribution in [3.63, 3.8) is 0 Å². The third-order valence-corrected chi connectivity index (χ3v) is 2.43. The van der Waals surface area contributed by atoms with E-state index in [0.29, 0.717) is 0 Å². The number of hydrogen-bond acceptors (Lipinski definition) is 1. The second-order valence-electron chi connectivity index (χ2n) is 3.67. The Bertz CT molecular complexity index is 420. The molecule has 0 fully saturated rings. The Morgan fingerprint density at radius 1 is 1.07 bits per heavy atom. The molecular weight excluding hydrogens is 182 g/mol. The first-order valence-corrected chi connectivity index (χ1v) is 5.40. The predicted octanol–water partition coefficient (Wildman–Crippen LogP) is 3.70. The van der Waals surface area contributed by atoms with E-state index < -0.39 is 0 Å². The van der Waals surface area contributed by atoms with Gasteiger partial charge in [0.25, 0.3) is 0 Å². The fourth-order valence-electron chi connectivity index (χ4n) is 1.71. The summed E-state index contributed by atoms with van der Waals surface area (Å²) in [7, 11) is 0. The molecule has 0 unspecified atom stereocenters. The van der Waals surface area contributed by atoms with Gasteiger partial charge in [0.1, 0.15) is 0 Å². The maximum Gasteiger partial charge on any atom is 0.0702 e. The number of benzene rings is 1. The first-order chi connectivity index (χ1) is 7.40. The van der Waals surface area contributed by atoms with Crippen LogP contribution < -0.4 is 0 Å². The first-order valence-electron chi connectivity index (χ1n) is 5.40. The van der Waals surface area contributed by atoms with Crippen molar-refractivity contribution in [1.82, 2.24) is 4.98 Å². The van der Waals surface area contributed by atoms with Crippen molar-refractivity contribution >= 4 is 0 Å². The van der Waals surface area contributed by atoms with E-state index in [9.17, 15) is 0 Å². The SMILES string of the molecule is CCCc1cccc(-c2ccccn2)c1. The minimum absolute atomic E-state index is 1.05. The van der Waals surface area contributed by atoms with Crippen LogP contribution in [0.3, 0.4) is 0 Å².